The average molecular weight is 193 g/mol. The zero-order valence-electron chi connectivity index (χ0n) is 8.32. The van der Waals surface area contributed by atoms with Gasteiger partial charge in [-0.3, -0.25) is 0 Å². The minimum atomic E-state index is 0.284. The fraction of sp³-hybridized carbons (Fsp3) is 0.455. The van der Waals surface area contributed by atoms with E-state index in [9.17, 15) is 0 Å². The van der Waals surface area contributed by atoms with E-state index in [1.54, 1.807) is 7.11 Å². The highest BCUT2D eigenvalue weighted by atomic mass is 16.5. The third-order valence-corrected chi connectivity index (χ3v) is 2.38. The van der Waals surface area contributed by atoms with Crippen LogP contribution in [0.25, 0.3) is 0 Å². The molecule has 0 bridgehead atoms. The number of hydrogen-bond donors (Lipinski definition) is 1. The summed E-state index contributed by atoms with van der Waals surface area (Å²) in [7, 11) is 1.66. The van der Waals surface area contributed by atoms with Gasteiger partial charge in [-0.1, -0.05) is 12.1 Å². The van der Waals surface area contributed by atoms with Crippen molar-refractivity contribution in [2.75, 3.05) is 20.2 Å². The second kappa shape index (κ2) is 4.33. The molecule has 1 atom stereocenters. The van der Waals surface area contributed by atoms with Gasteiger partial charge in [0, 0.05) is 6.54 Å². The summed E-state index contributed by atoms with van der Waals surface area (Å²) in [6.45, 7) is 1.97. The Kier molecular flexibility index (Phi) is 2.89. The standard InChI is InChI=1S/C11H15NO2/c1-13-10-4-2-3-5-11(10)14-9-6-7-12-8-9/h2-5,9,12H,6-8H2,1H3/t9-/m1/s1. The highest BCUT2D eigenvalue weighted by Gasteiger charge is 2.17. The maximum atomic E-state index is 5.81. The third kappa shape index (κ3) is 1.99. The highest BCUT2D eigenvalue weighted by Crippen LogP contribution is 2.27. The largest absolute Gasteiger partial charge is 0.493 e. The molecule has 1 fully saturated rings. The molecule has 0 amide bonds. The van der Waals surface area contributed by atoms with E-state index < -0.39 is 0 Å². The number of ether oxygens (including phenoxy) is 2. The van der Waals surface area contributed by atoms with Crippen molar-refractivity contribution in [3.05, 3.63) is 24.3 Å². The van der Waals surface area contributed by atoms with Gasteiger partial charge in [0.25, 0.3) is 0 Å². The summed E-state index contributed by atoms with van der Waals surface area (Å²) in [5.74, 6) is 1.64. The van der Waals surface area contributed by atoms with E-state index in [-0.39, 0.29) is 6.10 Å². The molecule has 14 heavy (non-hydrogen) atoms. The Labute approximate surface area is 84.0 Å². The van der Waals surface area contributed by atoms with Crippen molar-refractivity contribution in [1.29, 1.82) is 0 Å². The maximum absolute atomic E-state index is 5.81. The molecule has 1 aromatic rings. The van der Waals surface area contributed by atoms with Crippen molar-refractivity contribution in [3.8, 4) is 11.5 Å². The van der Waals surface area contributed by atoms with Gasteiger partial charge in [0.1, 0.15) is 6.10 Å². The van der Waals surface area contributed by atoms with Crippen LogP contribution in [0.2, 0.25) is 0 Å². The van der Waals surface area contributed by atoms with Crippen molar-refractivity contribution in [3.63, 3.8) is 0 Å². The Morgan fingerprint density at radius 1 is 1.29 bits per heavy atom. The van der Waals surface area contributed by atoms with Crippen LogP contribution in [-0.4, -0.2) is 26.3 Å². The summed E-state index contributed by atoms with van der Waals surface area (Å²) in [6.07, 6.45) is 1.35. The van der Waals surface area contributed by atoms with E-state index in [0.29, 0.717) is 0 Å². The van der Waals surface area contributed by atoms with Crippen molar-refractivity contribution in [1.82, 2.24) is 5.32 Å². The van der Waals surface area contributed by atoms with E-state index in [2.05, 4.69) is 5.32 Å². The molecule has 1 aromatic carbocycles. The van der Waals surface area contributed by atoms with Crippen LogP contribution in [0, 0.1) is 0 Å². The van der Waals surface area contributed by atoms with Gasteiger partial charge in [-0.15, -0.1) is 0 Å². The van der Waals surface area contributed by atoms with Crippen LogP contribution >= 0.6 is 0 Å². The molecule has 3 heteroatoms. The molecule has 3 nitrogen and oxygen atoms in total. The minimum absolute atomic E-state index is 0.284. The van der Waals surface area contributed by atoms with E-state index in [1.165, 1.54) is 0 Å². The lowest BCUT2D eigenvalue weighted by Crippen LogP contribution is -2.19. The summed E-state index contributed by atoms with van der Waals surface area (Å²) >= 11 is 0. The monoisotopic (exact) mass is 193 g/mol. The second-order valence-corrected chi connectivity index (χ2v) is 3.38. The van der Waals surface area contributed by atoms with E-state index >= 15 is 0 Å². The first-order valence-electron chi connectivity index (χ1n) is 4.90. The van der Waals surface area contributed by atoms with Crippen LogP contribution in [0.4, 0.5) is 0 Å². The molecule has 76 valence electrons. The first-order valence-corrected chi connectivity index (χ1v) is 4.90. The van der Waals surface area contributed by atoms with Gasteiger partial charge in [0.15, 0.2) is 11.5 Å². The molecule has 1 heterocycles. The number of para-hydroxylation sites is 2. The highest BCUT2D eigenvalue weighted by molar-refractivity contribution is 5.39. The van der Waals surface area contributed by atoms with E-state index in [4.69, 9.17) is 9.47 Å². The molecular weight excluding hydrogens is 178 g/mol. The first kappa shape index (κ1) is 9.34. The number of hydrogen-bond acceptors (Lipinski definition) is 3. The topological polar surface area (TPSA) is 30.5 Å². The summed E-state index contributed by atoms with van der Waals surface area (Å²) < 4.78 is 11.0. The SMILES string of the molecule is COc1ccccc1O[C@@H]1CCNC1. The van der Waals surface area contributed by atoms with Gasteiger partial charge in [0.2, 0.25) is 0 Å². The van der Waals surface area contributed by atoms with Crippen LogP contribution in [0.3, 0.4) is 0 Å². The number of methoxy groups -OCH3 is 1. The number of benzene rings is 1. The van der Waals surface area contributed by atoms with E-state index in [0.717, 1.165) is 31.0 Å². The number of rotatable bonds is 3. The van der Waals surface area contributed by atoms with Crippen molar-refractivity contribution >= 4 is 0 Å². The Bertz CT molecular complexity index is 295. The summed E-state index contributed by atoms with van der Waals surface area (Å²) in [5, 5.41) is 3.26. The molecule has 0 aliphatic carbocycles. The van der Waals surface area contributed by atoms with Crippen molar-refractivity contribution < 1.29 is 9.47 Å². The fourth-order valence-electron chi connectivity index (χ4n) is 1.62. The molecule has 0 saturated carbocycles. The summed E-state index contributed by atoms with van der Waals surface area (Å²) in [5.41, 5.74) is 0. The van der Waals surface area contributed by atoms with Crippen LogP contribution in [-0.2, 0) is 0 Å². The predicted octanol–water partition coefficient (Wildman–Crippen LogP) is 1.44. The normalized spacial score (nSPS) is 20.8. The van der Waals surface area contributed by atoms with Gasteiger partial charge in [-0.2, -0.15) is 0 Å². The molecule has 0 aromatic heterocycles. The van der Waals surface area contributed by atoms with Gasteiger partial charge >= 0.3 is 0 Å². The molecule has 0 spiro atoms. The molecule has 1 aliphatic heterocycles. The lowest BCUT2D eigenvalue weighted by atomic mass is 10.3. The Morgan fingerprint density at radius 3 is 2.71 bits per heavy atom. The lowest BCUT2D eigenvalue weighted by molar-refractivity contribution is 0.213. The second-order valence-electron chi connectivity index (χ2n) is 3.38. The summed E-state index contributed by atoms with van der Waals surface area (Å²) in [4.78, 5) is 0. The first-order chi connectivity index (χ1) is 6.90. The molecule has 0 unspecified atom stereocenters. The Balaban J connectivity index is 2.07. The van der Waals surface area contributed by atoms with Gasteiger partial charge in [-0.05, 0) is 25.1 Å². The zero-order chi connectivity index (χ0) is 9.80. The molecule has 1 N–H and O–H groups in total. The van der Waals surface area contributed by atoms with Crippen LogP contribution in [0.5, 0.6) is 11.5 Å². The average Bonchev–Trinajstić information content (AvgIpc) is 2.71. The summed E-state index contributed by atoms with van der Waals surface area (Å²) in [6, 6.07) is 7.76. The smallest absolute Gasteiger partial charge is 0.161 e. The van der Waals surface area contributed by atoms with Crippen molar-refractivity contribution in [2.45, 2.75) is 12.5 Å². The van der Waals surface area contributed by atoms with Crippen molar-refractivity contribution in [2.24, 2.45) is 0 Å². The Hall–Kier alpha value is -1.22. The molecule has 1 saturated heterocycles. The van der Waals surface area contributed by atoms with Crippen LogP contribution in [0.15, 0.2) is 24.3 Å². The fourth-order valence-corrected chi connectivity index (χ4v) is 1.62. The van der Waals surface area contributed by atoms with Crippen LogP contribution in [0.1, 0.15) is 6.42 Å². The zero-order valence-corrected chi connectivity index (χ0v) is 8.32. The molecule has 1 aliphatic rings. The van der Waals surface area contributed by atoms with Gasteiger partial charge < -0.3 is 14.8 Å². The quantitative estimate of drug-likeness (QED) is 0.787. The molecular formula is C11H15NO2. The minimum Gasteiger partial charge on any atom is -0.493 e. The Morgan fingerprint density at radius 2 is 2.07 bits per heavy atom. The predicted molar refractivity (Wildman–Crippen MR) is 54.9 cm³/mol. The van der Waals surface area contributed by atoms with Gasteiger partial charge in [-0.25, -0.2) is 0 Å². The maximum Gasteiger partial charge on any atom is 0.161 e. The van der Waals surface area contributed by atoms with Gasteiger partial charge in [0.05, 0.1) is 7.11 Å². The molecule has 0 radical (unpaired) electrons. The van der Waals surface area contributed by atoms with E-state index in [1.807, 2.05) is 24.3 Å². The third-order valence-electron chi connectivity index (χ3n) is 2.38. The van der Waals surface area contributed by atoms with Crippen LogP contribution < -0.4 is 14.8 Å². The lowest BCUT2D eigenvalue weighted by Gasteiger charge is -2.14. The molecule has 2 rings (SSSR count). The number of nitrogens with one attached hydrogen (secondary N) is 1.